The molecule has 0 unspecified atom stereocenters. The number of aromatic nitrogens is 2. The number of rotatable bonds is 4. The minimum absolute atomic E-state index is 0.0126. The normalized spacial score (nSPS) is 11.3. The van der Waals surface area contributed by atoms with E-state index in [1.165, 1.54) is 16.6 Å². The molecule has 0 aliphatic heterocycles. The first-order valence-corrected chi connectivity index (χ1v) is 9.84. The molecule has 0 atom stereocenters. The number of aryl methyl sites for hydroxylation is 1. The molecule has 2 heterocycles. The van der Waals surface area contributed by atoms with Gasteiger partial charge in [-0.05, 0) is 36.4 Å². The Bertz CT molecular complexity index is 934. The maximum absolute atomic E-state index is 12.9. The predicted octanol–water partition coefficient (Wildman–Crippen LogP) is 5.10. The first-order chi connectivity index (χ1) is 11.0. The molecule has 0 radical (unpaired) electrons. The fraction of sp³-hybridized carbons (Fsp3) is 0.250. The van der Waals surface area contributed by atoms with Gasteiger partial charge < -0.3 is 0 Å². The average Bonchev–Trinajstić information content (AvgIpc) is 2.96. The van der Waals surface area contributed by atoms with Gasteiger partial charge in [0.05, 0.1) is 22.0 Å². The molecule has 3 aromatic rings. The molecule has 2 aromatic heterocycles. The summed E-state index contributed by atoms with van der Waals surface area (Å²) in [7, 11) is 0. The number of nitrogens with zero attached hydrogens (tertiary/aromatic N) is 2. The maximum atomic E-state index is 12.9. The van der Waals surface area contributed by atoms with Crippen molar-refractivity contribution in [3.63, 3.8) is 0 Å². The fourth-order valence-electron chi connectivity index (χ4n) is 2.34. The van der Waals surface area contributed by atoms with Crippen molar-refractivity contribution >= 4 is 56.5 Å². The van der Waals surface area contributed by atoms with E-state index in [4.69, 9.17) is 23.2 Å². The Hall–Kier alpha value is -1.01. The van der Waals surface area contributed by atoms with Crippen LogP contribution in [0.2, 0.25) is 10.0 Å². The van der Waals surface area contributed by atoms with Crippen LogP contribution in [-0.2, 0) is 13.0 Å². The summed E-state index contributed by atoms with van der Waals surface area (Å²) in [5, 5.41) is 2.38. The van der Waals surface area contributed by atoms with E-state index in [0.29, 0.717) is 27.1 Å². The van der Waals surface area contributed by atoms with Crippen molar-refractivity contribution in [2.45, 2.75) is 25.0 Å². The Balaban J connectivity index is 2.13. The Morgan fingerprint density at radius 2 is 2.04 bits per heavy atom. The van der Waals surface area contributed by atoms with Crippen LogP contribution in [0.5, 0.6) is 0 Å². The third kappa shape index (κ3) is 3.29. The van der Waals surface area contributed by atoms with Crippen LogP contribution >= 0.6 is 46.3 Å². The van der Waals surface area contributed by atoms with E-state index in [2.05, 4.69) is 11.9 Å². The summed E-state index contributed by atoms with van der Waals surface area (Å²) < 4.78 is 1.69. The van der Waals surface area contributed by atoms with Gasteiger partial charge in [-0.25, -0.2) is 4.98 Å². The van der Waals surface area contributed by atoms with E-state index in [1.807, 2.05) is 18.4 Å². The summed E-state index contributed by atoms with van der Waals surface area (Å²) in [6, 6.07) is 7.36. The summed E-state index contributed by atoms with van der Waals surface area (Å²) in [5.41, 5.74) is 0.908. The minimum atomic E-state index is -0.0126. The predicted molar refractivity (Wildman–Crippen MR) is 101 cm³/mol. The molecule has 3 rings (SSSR count). The molecule has 0 saturated carbocycles. The van der Waals surface area contributed by atoms with Crippen molar-refractivity contribution in [3.05, 3.63) is 55.1 Å². The van der Waals surface area contributed by atoms with Gasteiger partial charge in [0, 0.05) is 4.88 Å². The van der Waals surface area contributed by atoms with Gasteiger partial charge in [-0.15, -0.1) is 11.3 Å². The molecular formula is C16H14Cl2N2OS2. The van der Waals surface area contributed by atoms with Gasteiger partial charge >= 0.3 is 0 Å². The van der Waals surface area contributed by atoms with Crippen LogP contribution in [0.25, 0.3) is 10.2 Å². The van der Waals surface area contributed by atoms with E-state index in [0.717, 1.165) is 16.8 Å². The van der Waals surface area contributed by atoms with E-state index < -0.39 is 0 Å². The van der Waals surface area contributed by atoms with Crippen molar-refractivity contribution < 1.29 is 0 Å². The number of hydrogen-bond acceptors (Lipinski definition) is 4. The number of thioether (sulfide) groups is 1. The summed E-state index contributed by atoms with van der Waals surface area (Å²) in [4.78, 5) is 19.5. The van der Waals surface area contributed by atoms with Crippen LogP contribution < -0.4 is 5.56 Å². The quantitative estimate of drug-likeness (QED) is 0.463. The second-order valence-corrected chi connectivity index (χ2v) is 7.73. The lowest BCUT2D eigenvalue weighted by Crippen LogP contribution is -2.23. The van der Waals surface area contributed by atoms with Crippen molar-refractivity contribution in [1.82, 2.24) is 9.55 Å². The third-order valence-electron chi connectivity index (χ3n) is 3.52. The second kappa shape index (κ2) is 6.85. The lowest BCUT2D eigenvalue weighted by molar-refractivity contribution is 0.660. The molecule has 7 heteroatoms. The van der Waals surface area contributed by atoms with Crippen molar-refractivity contribution in [2.24, 2.45) is 0 Å². The zero-order valence-corrected chi connectivity index (χ0v) is 15.7. The van der Waals surface area contributed by atoms with Crippen molar-refractivity contribution in [2.75, 3.05) is 6.26 Å². The zero-order valence-electron chi connectivity index (χ0n) is 12.6. The SMILES string of the molecule is CCc1cc2c(=O)n(Cc3ccc(Cl)c(Cl)c3)c(SC)nc2s1. The third-order valence-corrected chi connectivity index (χ3v) is 6.11. The maximum Gasteiger partial charge on any atom is 0.263 e. The van der Waals surface area contributed by atoms with E-state index >= 15 is 0 Å². The van der Waals surface area contributed by atoms with Gasteiger partial charge in [-0.3, -0.25) is 9.36 Å². The van der Waals surface area contributed by atoms with Crippen molar-refractivity contribution in [1.29, 1.82) is 0 Å². The fourth-order valence-corrected chi connectivity index (χ4v) is 4.22. The summed E-state index contributed by atoms with van der Waals surface area (Å²) in [6.07, 6.45) is 2.83. The topological polar surface area (TPSA) is 34.9 Å². The zero-order chi connectivity index (χ0) is 16.6. The molecule has 0 fully saturated rings. The standard InChI is InChI=1S/C16H14Cl2N2OS2/c1-3-10-7-11-14(23-10)19-16(22-2)20(15(11)21)8-9-4-5-12(17)13(18)6-9/h4-7H,3,8H2,1-2H3. The number of hydrogen-bond donors (Lipinski definition) is 0. The van der Waals surface area contributed by atoms with E-state index in [1.54, 1.807) is 28.0 Å². The number of fused-ring (bicyclic) bond motifs is 1. The molecule has 120 valence electrons. The summed E-state index contributed by atoms with van der Waals surface area (Å²) in [6.45, 7) is 2.50. The molecule has 0 aliphatic rings. The number of benzene rings is 1. The van der Waals surface area contributed by atoms with E-state index in [-0.39, 0.29) is 5.56 Å². The number of halogens is 2. The highest BCUT2D eigenvalue weighted by atomic mass is 35.5. The van der Waals surface area contributed by atoms with Crippen LogP contribution in [0.4, 0.5) is 0 Å². The van der Waals surface area contributed by atoms with Gasteiger partial charge in [0.2, 0.25) is 0 Å². The molecule has 0 bridgehead atoms. The van der Waals surface area contributed by atoms with Crippen molar-refractivity contribution in [3.8, 4) is 0 Å². The molecule has 0 aliphatic carbocycles. The molecule has 1 aromatic carbocycles. The van der Waals surface area contributed by atoms with Crippen LogP contribution in [0.15, 0.2) is 34.2 Å². The highest BCUT2D eigenvalue weighted by molar-refractivity contribution is 7.98. The Kier molecular flexibility index (Phi) is 5.01. The van der Waals surface area contributed by atoms with Crippen LogP contribution in [0.3, 0.4) is 0 Å². The second-order valence-electron chi connectivity index (χ2n) is 5.02. The van der Waals surface area contributed by atoms with Crippen LogP contribution in [0, 0.1) is 0 Å². The first-order valence-electron chi connectivity index (χ1n) is 7.04. The Morgan fingerprint density at radius 3 is 2.70 bits per heavy atom. The molecule has 0 saturated heterocycles. The largest absolute Gasteiger partial charge is 0.283 e. The molecule has 0 N–H and O–H groups in total. The van der Waals surface area contributed by atoms with E-state index in [9.17, 15) is 4.79 Å². The van der Waals surface area contributed by atoms with Gasteiger partial charge in [0.25, 0.3) is 5.56 Å². The first kappa shape index (κ1) is 16.8. The summed E-state index contributed by atoms with van der Waals surface area (Å²) >= 11 is 15.1. The lowest BCUT2D eigenvalue weighted by atomic mass is 10.2. The summed E-state index contributed by atoms with van der Waals surface area (Å²) in [5.74, 6) is 0. The van der Waals surface area contributed by atoms with Crippen LogP contribution in [0.1, 0.15) is 17.4 Å². The Labute approximate surface area is 152 Å². The molecular weight excluding hydrogens is 371 g/mol. The van der Waals surface area contributed by atoms with Gasteiger partial charge in [-0.1, -0.05) is 48.0 Å². The molecule has 0 amide bonds. The van der Waals surface area contributed by atoms with Crippen LogP contribution in [-0.4, -0.2) is 15.8 Å². The highest BCUT2D eigenvalue weighted by Gasteiger charge is 2.14. The smallest absolute Gasteiger partial charge is 0.263 e. The van der Waals surface area contributed by atoms with Gasteiger partial charge in [0.15, 0.2) is 5.16 Å². The highest BCUT2D eigenvalue weighted by Crippen LogP contribution is 2.26. The van der Waals surface area contributed by atoms with Gasteiger partial charge in [0.1, 0.15) is 4.83 Å². The lowest BCUT2D eigenvalue weighted by Gasteiger charge is -2.11. The molecule has 3 nitrogen and oxygen atoms in total. The average molecular weight is 385 g/mol. The Morgan fingerprint density at radius 1 is 1.26 bits per heavy atom. The monoisotopic (exact) mass is 384 g/mol. The molecule has 23 heavy (non-hydrogen) atoms. The minimum Gasteiger partial charge on any atom is -0.283 e. The number of thiophene rings is 1. The molecule has 0 spiro atoms. The van der Waals surface area contributed by atoms with Gasteiger partial charge in [-0.2, -0.15) is 0 Å².